The van der Waals surface area contributed by atoms with Crippen LogP contribution in [0, 0.1) is 16.0 Å². The zero-order valence-corrected chi connectivity index (χ0v) is 10.9. The summed E-state index contributed by atoms with van der Waals surface area (Å²) >= 11 is 0. The second kappa shape index (κ2) is 4.66. The molecule has 0 spiro atoms. The van der Waals surface area contributed by atoms with Gasteiger partial charge in [0.25, 0.3) is 11.6 Å². The van der Waals surface area contributed by atoms with E-state index in [9.17, 15) is 14.9 Å². The zero-order chi connectivity index (χ0) is 14.3. The second-order valence-corrected chi connectivity index (χ2v) is 5.07. The summed E-state index contributed by atoms with van der Waals surface area (Å²) in [5, 5.41) is 13.8. The SMILES string of the molecule is C[C@H]1C[C@@H]1NC(=O)c1cc([N+](=O)[O-])cc2c1OCCO2. The Balaban J connectivity index is 1.96. The number of fused-ring (bicyclic) bond motifs is 1. The first-order valence-corrected chi connectivity index (χ1v) is 6.45. The van der Waals surface area contributed by atoms with Crippen molar-refractivity contribution in [3.63, 3.8) is 0 Å². The van der Waals surface area contributed by atoms with Gasteiger partial charge in [0.1, 0.15) is 13.2 Å². The number of nitro groups is 1. The topological polar surface area (TPSA) is 90.7 Å². The van der Waals surface area contributed by atoms with E-state index in [-0.39, 0.29) is 34.7 Å². The highest BCUT2D eigenvalue weighted by atomic mass is 16.6. The molecular formula is C13H14N2O5. The fourth-order valence-electron chi connectivity index (χ4n) is 2.18. The Labute approximate surface area is 115 Å². The van der Waals surface area contributed by atoms with Crippen LogP contribution in [0.1, 0.15) is 23.7 Å². The van der Waals surface area contributed by atoms with Crippen molar-refractivity contribution in [1.82, 2.24) is 5.32 Å². The van der Waals surface area contributed by atoms with E-state index in [1.54, 1.807) is 0 Å². The molecule has 2 atom stereocenters. The van der Waals surface area contributed by atoms with Gasteiger partial charge in [-0.2, -0.15) is 0 Å². The van der Waals surface area contributed by atoms with E-state index in [2.05, 4.69) is 5.32 Å². The lowest BCUT2D eigenvalue weighted by molar-refractivity contribution is -0.385. The van der Waals surface area contributed by atoms with Crippen molar-refractivity contribution in [2.75, 3.05) is 13.2 Å². The summed E-state index contributed by atoms with van der Waals surface area (Å²) in [6, 6.07) is 2.66. The quantitative estimate of drug-likeness (QED) is 0.668. The van der Waals surface area contributed by atoms with Gasteiger partial charge in [-0.1, -0.05) is 6.92 Å². The van der Waals surface area contributed by atoms with Crippen molar-refractivity contribution in [2.24, 2.45) is 5.92 Å². The summed E-state index contributed by atoms with van der Waals surface area (Å²) in [5.74, 6) is 0.627. The number of carbonyl (C=O) groups is 1. The molecule has 3 rings (SSSR count). The van der Waals surface area contributed by atoms with E-state index in [1.807, 2.05) is 6.92 Å². The van der Waals surface area contributed by atoms with Crippen LogP contribution in [0.25, 0.3) is 0 Å². The largest absolute Gasteiger partial charge is 0.486 e. The number of nitrogens with one attached hydrogen (secondary N) is 1. The minimum Gasteiger partial charge on any atom is -0.486 e. The molecule has 1 aromatic carbocycles. The predicted octanol–water partition coefficient (Wildman–Crippen LogP) is 1.50. The number of rotatable bonds is 3. The Hall–Kier alpha value is -2.31. The Morgan fingerprint density at radius 1 is 1.40 bits per heavy atom. The van der Waals surface area contributed by atoms with E-state index >= 15 is 0 Å². The highest BCUT2D eigenvalue weighted by molar-refractivity contribution is 5.99. The molecule has 2 aliphatic rings. The van der Waals surface area contributed by atoms with Gasteiger partial charge in [-0.15, -0.1) is 0 Å². The number of nitro benzene ring substituents is 1. The smallest absolute Gasteiger partial charge is 0.274 e. The third-order valence-electron chi connectivity index (χ3n) is 3.51. The molecule has 1 fully saturated rings. The Morgan fingerprint density at radius 3 is 2.75 bits per heavy atom. The molecule has 20 heavy (non-hydrogen) atoms. The molecule has 1 aliphatic carbocycles. The monoisotopic (exact) mass is 278 g/mol. The van der Waals surface area contributed by atoms with Crippen LogP contribution in [0.5, 0.6) is 11.5 Å². The van der Waals surface area contributed by atoms with Crippen LogP contribution < -0.4 is 14.8 Å². The lowest BCUT2D eigenvalue weighted by Gasteiger charge is -2.20. The van der Waals surface area contributed by atoms with E-state index < -0.39 is 4.92 Å². The normalized spacial score (nSPS) is 23.1. The number of hydrogen-bond donors (Lipinski definition) is 1. The van der Waals surface area contributed by atoms with Gasteiger partial charge in [0.2, 0.25) is 0 Å². The van der Waals surface area contributed by atoms with Crippen LogP contribution in [0.15, 0.2) is 12.1 Å². The Kier molecular flexibility index (Phi) is 2.96. The molecule has 1 aliphatic heterocycles. The number of non-ortho nitro benzene ring substituents is 1. The number of nitrogens with zero attached hydrogens (tertiary/aromatic N) is 1. The van der Waals surface area contributed by atoms with E-state index in [0.29, 0.717) is 19.1 Å². The standard InChI is InChI=1S/C13H14N2O5/c1-7-4-10(7)14-13(16)9-5-8(15(17)18)6-11-12(9)20-3-2-19-11/h5-7,10H,2-4H2,1H3,(H,14,16)/t7-,10-/m0/s1. The van der Waals surface area contributed by atoms with Gasteiger partial charge in [-0.05, 0) is 12.3 Å². The van der Waals surface area contributed by atoms with Gasteiger partial charge in [0.05, 0.1) is 16.6 Å². The fraction of sp³-hybridized carbons (Fsp3) is 0.462. The minimum absolute atomic E-state index is 0.141. The van der Waals surface area contributed by atoms with Gasteiger partial charge in [-0.25, -0.2) is 0 Å². The first-order valence-electron chi connectivity index (χ1n) is 6.45. The molecule has 1 saturated carbocycles. The average Bonchev–Trinajstić information content (AvgIpc) is 3.12. The summed E-state index contributed by atoms with van der Waals surface area (Å²) < 4.78 is 10.8. The lowest BCUT2D eigenvalue weighted by Crippen LogP contribution is -2.28. The molecule has 0 radical (unpaired) electrons. The average molecular weight is 278 g/mol. The number of carbonyl (C=O) groups excluding carboxylic acids is 1. The van der Waals surface area contributed by atoms with Crippen LogP contribution in [0.4, 0.5) is 5.69 Å². The summed E-state index contributed by atoms with van der Waals surface area (Å²) in [4.78, 5) is 22.6. The zero-order valence-electron chi connectivity index (χ0n) is 10.9. The summed E-state index contributed by atoms with van der Waals surface area (Å²) in [7, 11) is 0. The molecule has 0 unspecified atom stereocenters. The maximum absolute atomic E-state index is 12.2. The molecule has 0 bridgehead atoms. The van der Waals surface area contributed by atoms with Crippen LogP contribution in [0.2, 0.25) is 0 Å². The van der Waals surface area contributed by atoms with Crippen LogP contribution in [-0.4, -0.2) is 30.1 Å². The van der Waals surface area contributed by atoms with Crippen molar-refractivity contribution in [2.45, 2.75) is 19.4 Å². The van der Waals surface area contributed by atoms with E-state index in [0.717, 1.165) is 6.42 Å². The van der Waals surface area contributed by atoms with Crippen molar-refractivity contribution >= 4 is 11.6 Å². The van der Waals surface area contributed by atoms with E-state index in [1.165, 1.54) is 12.1 Å². The third kappa shape index (κ3) is 2.26. The van der Waals surface area contributed by atoms with Gasteiger partial charge in [0, 0.05) is 12.1 Å². The maximum atomic E-state index is 12.2. The van der Waals surface area contributed by atoms with Gasteiger partial charge >= 0.3 is 0 Å². The third-order valence-corrected chi connectivity index (χ3v) is 3.51. The first-order chi connectivity index (χ1) is 9.56. The second-order valence-electron chi connectivity index (χ2n) is 5.07. The number of ether oxygens (including phenoxy) is 2. The number of hydrogen-bond acceptors (Lipinski definition) is 5. The predicted molar refractivity (Wildman–Crippen MR) is 69.1 cm³/mol. The van der Waals surface area contributed by atoms with Crippen molar-refractivity contribution in [3.05, 3.63) is 27.8 Å². The van der Waals surface area contributed by atoms with E-state index in [4.69, 9.17) is 9.47 Å². The fourth-order valence-corrected chi connectivity index (χ4v) is 2.18. The Bertz CT molecular complexity index is 586. The molecular weight excluding hydrogens is 264 g/mol. The van der Waals surface area contributed by atoms with Crippen molar-refractivity contribution in [3.8, 4) is 11.5 Å². The minimum atomic E-state index is -0.547. The summed E-state index contributed by atoms with van der Waals surface area (Å²) in [6.07, 6.45) is 0.931. The molecule has 106 valence electrons. The van der Waals surface area contributed by atoms with Crippen molar-refractivity contribution in [1.29, 1.82) is 0 Å². The van der Waals surface area contributed by atoms with Crippen molar-refractivity contribution < 1.29 is 19.2 Å². The first kappa shape index (κ1) is 12.7. The lowest BCUT2D eigenvalue weighted by atomic mass is 10.1. The highest BCUT2D eigenvalue weighted by Gasteiger charge is 2.35. The molecule has 0 saturated heterocycles. The van der Waals surface area contributed by atoms with Gasteiger partial charge < -0.3 is 14.8 Å². The molecule has 1 amide bonds. The van der Waals surface area contributed by atoms with Crippen LogP contribution in [0.3, 0.4) is 0 Å². The molecule has 1 aromatic rings. The van der Waals surface area contributed by atoms with Gasteiger partial charge in [-0.3, -0.25) is 14.9 Å². The van der Waals surface area contributed by atoms with Crippen LogP contribution >= 0.6 is 0 Å². The van der Waals surface area contributed by atoms with Gasteiger partial charge in [0.15, 0.2) is 11.5 Å². The molecule has 1 heterocycles. The number of benzene rings is 1. The highest BCUT2D eigenvalue weighted by Crippen LogP contribution is 2.38. The molecule has 7 heteroatoms. The molecule has 0 aromatic heterocycles. The molecule has 1 N–H and O–H groups in total. The summed E-state index contributed by atoms with van der Waals surface area (Å²) in [6.45, 7) is 2.67. The maximum Gasteiger partial charge on any atom is 0.274 e. The number of amides is 1. The van der Waals surface area contributed by atoms with Crippen LogP contribution in [-0.2, 0) is 0 Å². The summed E-state index contributed by atoms with van der Waals surface area (Å²) in [5.41, 5.74) is -0.0174. The Morgan fingerprint density at radius 2 is 2.10 bits per heavy atom. The molecule has 7 nitrogen and oxygen atoms in total.